The SMILES string of the molecule is CC1=C[C@@]23CCCN2CCc2cc4c(cc2[C@@H]3C1OC(=O)[C@@]1(CC(=O)O)CCCC(C)(C)O1)OCO4. The van der Waals surface area contributed by atoms with Gasteiger partial charge in [-0.15, -0.1) is 0 Å². The molecule has 0 amide bonds. The zero-order valence-electron chi connectivity index (χ0n) is 21.3. The van der Waals surface area contributed by atoms with E-state index in [1.54, 1.807) is 0 Å². The monoisotopic (exact) mass is 497 g/mol. The molecule has 1 aromatic rings. The van der Waals surface area contributed by atoms with E-state index in [1.807, 2.05) is 20.8 Å². The van der Waals surface area contributed by atoms with Crippen LogP contribution in [0.3, 0.4) is 0 Å². The van der Waals surface area contributed by atoms with Crippen LogP contribution in [0.5, 0.6) is 11.5 Å². The molecule has 1 aliphatic carbocycles. The normalized spacial score (nSPS) is 34.2. The number of rotatable bonds is 4. The van der Waals surface area contributed by atoms with E-state index in [1.165, 1.54) is 5.56 Å². The number of benzene rings is 1. The van der Waals surface area contributed by atoms with Crippen LogP contribution < -0.4 is 9.47 Å². The molecule has 194 valence electrons. The number of carbonyl (C=O) groups is 2. The Morgan fingerprint density at radius 3 is 2.64 bits per heavy atom. The molecule has 2 fully saturated rings. The summed E-state index contributed by atoms with van der Waals surface area (Å²) in [5.74, 6) is -0.240. The van der Waals surface area contributed by atoms with Gasteiger partial charge in [0.05, 0.1) is 17.6 Å². The summed E-state index contributed by atoms with van der Waals surface area (Å²) in [5.41, 5.74) is 1.02. The van der Waals surface area contributed by atoms with Gasteiger partial charge in [0.2, 0.25) is 6.79 Å². The van der Waals surface area contributed by atoms with Gasteiger partial charge >= 0.3 is 11.9 Å². The summed E-state index contributed by atoms with van der Waals surface area (Å²) in [6, 6.07) is 4.16. The number of nitrogens with zero attached hydrogens (tertiary/aromatic N) is 1. The number of carboxylic acids is 1. The summed E-state index contributed by atoms with van der Waals surface area (Å²) >= 11 is 0. The van der Waals surface area contributed by atoms with Crippen molar-refractivity contribution in [3.63, 3.8) is 0 Å². The highest BCUT2D eigenvalue weighted by Gasteiger charge is 2.58. The molecule has 36 heavy (non-hydrogen) atoms. The first kappa shape index (κ1) is 23.8. The zero-order valence-corrected chi connectivity index (χ0v) is 21.3. The summed E-state index contributed by atoms with van der Waals surface area (Å²) in [4.78, 5) is 28.3. The number of hydrogen-bond acceptors (Lipinski definition) is 7. The van der Waals surface area contributed by atoms with E-state index in [0.717, 1.165) is 61.4 Å². The van der Waals surface area contributed by atoms with E-state index in [9.17, 15) is 14.7 Å². The molecule has 1 spiro atoms. The second-order valence-electron chi connectivity index (χ2n) is 11.7. The molecule has 4 atom stereocenters. The van der Waals surface area contributed by atoms with Crippen LogP contribution in [0.1, 0.15) is 76.3 Å². The van der Waals surface area contributed by atoms with E-state index in [2.05, 4.69) is 23.1 Å². The summed E-state index contributed by atoms with van der Waals surface area (Å²) in [5, 5.41) is 9.70. The van der Waals surface area contributed by atoms with Crippen LogP contribution in [0.25, 0.3) is 0 Å². The first-order valence-corrected chi connectivity index (χ1v) is 13.1. The molecule has 2 saturated heterocycles. The topological polar surface area (TPSA) is 94.5 Å². The third kappa shape index (κ3) is 3.64. The highest BCUT2D eigenvalue weighted by molar-refractivity contribution is 5.86. The number of esters is 1. The molecule has 6 rings (SSSR count). The Balaban J connectivity index is 1.40. The minimum absolute atomic E-state index is 0.102. The van der Waals surface area contributed by atoms with Gasteiger partial charge in [-0.25, -0.2) is 4.79 Å². The quantitative estimate of drug-likeness (QED) is 0.494. The smallest absolute Gasteiger partial charge is 0.339 e. The number of ether oxygens (including phenoxy) is 4. The van der Waals surface area contributed by atoms with Gasteiger partial charge < -0.3 is 24.1 Å². The molecule has 4 aliphatic heterocycles. The molecule has 5 aliphatic rings. The van der Waals surface area contributed by atoms with E-state index in [-0.39, 0.29) is 18.2 Å². The van der Waals surface area contributed by atoms with E-state index >= 15 is 0 Å². The van der Waals surface area contributed by atoms with Gasteiger partial charge in [0, 0.05) is 12.5 Å². The highest BCUT2D eigenvalue weighted by atomic mass is 16.7. The summed E-state index contributed by atoms with van der Waals surface area (Å²) < 4.78 is 24.0. The Bertz CT molecular complexity index is 1140. The van der Waals surface area contributed by atoms with Gasteiger partial charge in [0.15, 0.2) is 17.1 Å². The Labute approximate surface area is 211 Å². The molecule has 4 heterocycles. The predicted molar refractivity (Wildman–Crippen MR) is 130 cm³/mol. The predicted octanol–water partition coefficient (Wildman–Crippen LogP) is 3.95. The van der Waals surface area contributed by atoms with Crippen molar-refractivity contribution in [3.8, 4) is 11.5 Å². The lowest BCUT2D eigenvalue weighted by atomic mass is 9.77. The third-order valence-electron chi connectivity index (χ3n) is 8.86. The molecule has 8 nitrogen and oxygen atoms in total. The van der Waals surface area contributed by atoms with Crippen LogP contribution in [0, 0.1) is 0 Å². The minimum atomic E-state index is -1.48. The summed E-state index contributed by atoms with van der Waals surface area (Å²) in [6.45, 7) is 7.98. The fraction of sp³-hybridized carbons (Fsp3) is 0.643. The molecule has 1 N–H and O–H groups in total. The maximum atomic E-state index is 13.9. The molecular formula is C28H35NO7. The second kappa shape index (κ2) is 8.21. The van der Waals surface area contributed by atoms with Crippen LogP contribution in [-0.2, 0) is 25.5 Å². The number of fused-ring (bicyclic) bond motifs is 3. The van der Waals surface area contributed by atoms with Crippen LogP contribution in [0.15, 0.2) is 23.8 Å². The molecule has 0 bridgehead atoms. The minimum Gasteiger partial charge on any atom is -0.481 e. The lowest BCUT2D eigenvalue weighted by Crippen LogP contribution is -2.54. The fourth-order valence-electron chi connectivity index (χ4n) is 7.44. The Morgan fingerprint density at radius 2 is 1.89 bits per heavy atom. The first-order chi connectivity index (χ1) is 17.1. The van der Waals surface area contributed by atoms with Gasteiger partial charge in [-0.05, 0) is 94.7 Å². The maximum Gasteiger partial charge on any atom is 0.339 e. The Kier molecular flexibility index (Phi) is 5.43. The Morgan fingerprint density at radius 1 is 1.11 bits per heavy atom. The number of aliphatic carboxylic acids is 1. The molecule has 0 saturated carbocycles. The largest absolute Gasteiger partial charge is 0.481 e. The van der Waals surface area contributed by atoms with E-state index in [4.69, 9.17) is 18.9 Å². The molecule has 1 aromatic carbocycles. The van der Waals surface area contributed by atoms with Crippen LogP contribution in [0.4, 0.5) is 0 Å². The summed E-state index contributed by atoms with van der Waals surface area (Å²) in [7, 11) is 0. The van der Waals surface area contributed by atoms with Gasteiger partial charge in [0.1, 0.15) is 6.10 Å². The molecule has 0 aromatic heterocycles. The van der Waals surface area contributed by atoms with Crippen molar-refractivity contribution in [1.29, 1.82) is 0 Å². The van der Waals surface area contributed by atoms with Gasteiger partial charge in [-0.3, -0.25) is 9.69 Å². The molecule has 1 unspecified atom stereocenters. The van der Waals surface area contributed by atoms with Crippen molar-refractivity contribution in [2.24, 2.45) is 0 Å². The lowest BCUT2D eigenvalue weighted by molar-refractivity contribution is -0.215. The first-order valence-electron chi connectivity index (χ1n) is 13.1. The van der Waals surface area contributed by atoms with Crippen molar-refractivity contribution in [1.82, 2.24) is 4.90 Å². The average Bonchev–Trinajstić information content (AvgIpc) is 3.46. The molecular weight excluding hydrogens is 462 g/mol. The number of carboxylic acid groups (broad SMARTS) is 1. The van der Waals surface area contributed by atoms with Gasteiger partial charge in [-0.1, -0.05) is 6.08 Å². The zero-order chi connectivity index (χ0) is 25.3. The van der Waals surface area contributed by atoms with Crippen LogP contribution in [0.2, 0.25) is 0 Å². The number of carbonyl (C=O) groups excluding carboxylic acids is 1. The maximum absolute atomic E-state index is 13.9. The van der Waals surface area contributed by atoms with Gasteiger partial charge in [-0.2, -0.15) is 0 Å². The van der Waals surface area contributed by atoms with Crippen molar-refractivity contribution in [3.05, 3.63) is 34.9 Å². The standard InChI is InChI=1S/C28H35NO7/c1-17-14-27-8-5-10-29(27)11-6-18-12-20-21(34-16-33-20)13-19(18)23(27)24(17)35-25(32)28(15-22(30)31)9-4-7-26(2,3)36-28/h12-14,23-24H,4-11,15-16H2,1-3H3,(H,30,31)/t23-,24?,27-,28+/m1/s1. The van der Waals surface area contributed by atoms with Crippen LogP contribution in [-0.4, -0.2) is 64.7 Å². The molecule has 0 radical (unpaired) electrons. The van der Waals surface area contributed by atoms with Crippen molar-refractivity contribution in [2.75, 3.05) is 19.9 Å². The third-order valence-corrected chi connectivity index (χ3v) is 8.86. The second-order valence-corrected chi connectivity index (χ2v) is 11.7. The molecule has 8 heteroatoms. The lowest BCUT2D eigenvalue weighted by Gasteiger charge is -2.44. The highest BCUT2D eigenvalue weighted by Crippen LogP contribution is 2.55. The summed E-state index contributed by atoms with van der Waals surface area (Å²) in [6.07, 6.45) is 6.18. The fourth-order valence-corrected chi connectivity index (χ4v) is 7.44. The van der Waals surface area contributed by atoms with Crippen LogP contribution >= 0.6 is 0 Å². The van der Waals surface area contributed by atoms with Gasteiger partial charge in [0.25, 0.3) is 0 Å². The van der Waals surface area contributed by atoms with Crippen molar-refractivity contribution < 1.29 is 33.6 Å². The Hall–Kier alpha value is -2.58. The average molecular weight is 498 g/mol. The van der Waals surface area contributed by atoms with Crippen molar-refractivity contribution in [2.45, 2.75) is 94.5 Å². The van der Waals surface area contributed by atoms with Crippen molar-refractivity contribution >= 4 is 11.9 Å². The number of hydrogen-bond donors (Lipinski definition) is 1. The van der Waals surface area contributed by atoms with E-state index < -0.39 is 35.7 Å². The van der Waals surface area contributed by atoms with E-state index in [0.29, 0.717) is 12.8 Å².